The van der Waals surface area contributed by atoms with E-state index in [1.807, 2.05) is 0 Å². The fourth-order valence-electron chi connectivity index (χ4n) is 2.11. The highest BCUT2D eigenvalue weighted by Crippen LogP contribution is 2.26. The lowest BCUT2D eigenvalue weighted by Crippen LogP contribution is -2.39. The minimum atomic E-state index is -0.794. The van der Waals surface area contributed by atoms with Gasteiger partial charge in [0.2, 0.25) is 0 Å². The minimum Gasteiger partial charge on any atom is -0.387 e. The van der Waals surface area contributed by atoms with E-state index >= 15 is 0 Å². The van der Waals surface area contributed by atoms with Crippen molar-refractivity contribution in [3.05, 3.63) is 34.6 Å². The van der Waals surface area contributed by atoms with Crippen molar-refractivity contribution in [2.45, 2.75) is 31.4 Å². The Morgan fingerprint density at radius 3 is 2.88 bits per heavy atom. The Bertz CT molecular complexity index is 366. The molecule has 1 heterocycles. The minimum absolute atomic E-state index is 0.0515. The van der Waals surface area contributed by atoms with Crippen LogP contribution < -0.4 is 5.32 Å². The fraction of sp³-hybridized carbons (Fsp3) is 0.500. The molecule has 0 amide bonds. The van der Waals surface area contributed by atoms with Crippen LogP contribution >= 0.6 is 11.6 Å². The molecule has 2 N–H and O–H groups in total. The van der Waals surface area contributed by atoms with Gasteiger partial charge < -0.3 is 10.4 Å². The summed E-state index contributed by atoms with van der Waals surface area (Å²) >= 11 is 5.67. The first-order valence-corrected chi connectivity index (χ1v) is 5.92. The molecule has 1 aliphatic rings. The second-order valence-corrected chi connectivity index (χ2v) is 4.60. The molecule has 0 bridgehead atoms. The van der Waals surface area contributed by atoms with Gasteiger partial charge in [0.15, 0.2) is 0 Å². The maximum atomic E-state index is 13.6. The topological polar surface area (TPSA) is 32.3 Å². The van der Waals surface area contributed by atoms with Gasteiger partial charge in [-0.25, -0.2) is 4.39 Å². The lowest BCUT2D eigenvalue weighted by molar-refractivity contribution is 0.110. The molecule has 2 nitrogen and oxygen atoms in total. The summed E-state index contributed by atoms with van der Waals surface area (Å²) in [5.41, 5.74) is 0.323. The van der Waals surface area contributed by atoms with Crippen molar-refractivity contribution in [2.75, 3.05) is 6.54 Å². The molecule has 0 aliphatic carbocycles. The van der Waals surface area contributed by atoms with Gasteiger partial charge in [0.05, 0.1) is 6.10 Å². The van der Waals surface area contributed by atoms with Crippen molar-refractivity contribution < 1.29 is 9.50 Å². The Kier molecular flexibility index (Phi) is 3.79. The van der Waals surface area contributed by atoms with Crippen LogP contribution in [0.3, 0.4) is 0 Å². The Labute approximate surface area is 99.4 Å². The molecule has 2 atom stereocenters. The second kappa shape index (κ2) is 5.13. The van der Waals surface area contributed by atoms with Gasteiger partial charge in [-0.3, -0.25) is 0 Å². The molecular formula is C12H15ClFNO. The van der Waals surface area contributed by atoms with Crippen molar-refractivity contribution in [1.82, 2.24) is 5.32 Å². The van der Waals surface area contributed by atoms with E-state index in [0.29, 0.717) is 10.6 Å². The predicted octanol–water partition coefficient (Wildman–Crippen LogP) is 2.65. The molecule has 1 aromatic rings. The van der Waals surface area contributed by atoms with Crippen LogP contribution in [0.2, 0.25) is 5.02 Å². The van der Waals surface area contributed by atoms with Crippen molar-refractivity contribution >= 4 is 11.6 Å². The summed E-state index contributed by atoms with van der Waals surface area (Å²) in [6, 6.07) is 4.34. The molecule has 1 aliphatic heterocycles. The molecule has 1 aromatic carbocycles. The fourth-order valence-corrected chi connectivity index (χ4v) is 2.27. The summed E-state index contributed by atoms with van der Waals surface area (Å²) in [6.45, 7) is 0.886. The number of aliphatic hydroxyl groups is 1. The van der Waals surface area contributed by atoms with Crippen LogP contribution in [0.1, 0.15) is 30.9 Å². The number of piperidine rings is 1. The van der Waals surface area contributed by atoms with Crippen molar-refractivity contribution in [3.63, 3.8) is 0 Å². The van der Waals surface area contributed by atoms with E-state index in [9.17, 15) is 9.50 Å². The third-order valence-corrected chi connectivity index (χ3v) is 3.25. The Morgan fingerprint density at radius 2 is 2.25 bits per heavy atom. The molecule has 0 spiro atoms. The van der Waals surface area contributed by atoms with Crippen LogP contribution in [-0.2, 0) is 0 Å². The van der Waals surface area contributed by atoms with E-state index in [1.165, 1.54) is 6.07 Å². The first-order chi connectivity index (χ1) is 7.68. The SMILES string of the molecule is OC(c1ccc(Cl)cc1F)C1CCCCN1. The number of hydrogen-bond donors (Lipinski definition) is 2. The monoisotopic (exact) mass is 243 g/mol. The van der Waals surface area contributed by atoms with Gasteiger partial charge in [-0.2, -0.15) is 0 Å². The molecule has 2 rings (SSSR count). The lowest BCUT2D eigenvalue weighted by Gasteiger charge is -2.28. The first kappa shape index (κ1) is 11.8. The van der Waals surface area contributed by atoms with E-state index in [0.717, 1.165) is 25.8 Å². The third kappa shape index (κ3) is 2.54. The molecule has 0 saturated carbocycles. The van der Waals surface area contributed by atoms with Crippen molar-refractivity contribution in [3.8, 4) is 0 Å². The predicted molar refractivity (Wildman–Crippen MR) is 62.0 cm³/mol. The van der Waals surface area contributed by atoms with Gasteiger partial charge >= 0.3 is 0 Å². The van der Waals surface area contributed by atoms with Crippen LogP contribution in [0.4, 0.5) is 4.39 Å². The number of halogens is 2. The second-order valence-electron chi connectivity index (χ2n) is 4.17. The van der Waals surface area contributed by atoms with Crippen LogP contribution in [0.25, 0.3) is 0 Å². The number of hydrogen-bond acceptors (Lipinski definition) is 2. The third-order valence-electron chi connectivity index (χ3n) is 3.01. The lowest BCUT2D eigenvalue weighted by atomic mass is 9.95. The number of benzene rings is 1. The maximum Gasteiger partial charge on any atom is 0.130 e. The molecule has 0 radical (unpaired) electrons. The first-order valence-electron chi connectivity index (χ1n) is 5.55. The molecule has 88 valence electrons. The molecule has 1 fully saturated rings. The number of aliphatic hydroxyl groups excluding tert-OH is 1. The van der Waals surface area contributed by atoms with E-state index in [4.69, 9.17) is 11.6 Å². The molecule has 0 aromatic heterocycles. The van der Waals surface area contributed by atoms with Gasteiger partial charge in [0.1, 0.15) is 5.82 Å². The zero-order chi connectivity index (χ0) is 11.5. The smallest absolute Gasteiger partial charge is 0.130 e. The van der Waals surface area contributed by atoms with Crippen LogP contribution in [0.15, 0.2) is 18.2 Å². The van der Waals surface area contributed by atoms with Gasteiger partial charge in [-0.05, 0) is 31.5 Å². The quantitative estimate of drug-likeness (QED) is 0.837. The van der Waals surface area contributed by atoms with Crippen molar-refractivity contribution in [2.24, 2.45) is 0 Å². The van der Waals surface area contributed by atoms with Gasteiger partial charge in [-0.1, -0.05) is 24.1 Å². The average Bonchev–Trinajstić information content (AvgIpc) is 2.29. The van der Waals surface area contributed by atoms with Crippen LogP contribution in [0.5, 0.6) is 0 Å². The summed E-state index contributed by atoms with van der Waals surface area (Å²) < 4.78 is 13.6. The molecule has 16 heavy (non-hydrogen) atoms. The summed E-state index contributed by atoms with van der Waals surface area (Å²) in [7, 11) is 0. The van der Waals surface area contributed by atoms with Gasteiger partial charge in [0.25, 0.3) is 0 Å². The highest BCUT2D eigenvalue weighted by Gasteiger charge is 2.24. The number of nitrogens with one attached hydrogen (secondary N) is 1. The van der Waals surface area contributed by atoms with E-state index < -0.39 is 11.9 Å². The van der Waals surface area contributed by atoms with Gasteiger partial charge in [0, 0.05) is 16.6 Å². The van der Waals surface area contributed by atoms with Crippen LogP contribution in [-0.4, -0.2) is 17.7 Å². The van der Waals surface area contributed by atoms with Gasteiger partial charge in [-0.15, -0.1) is 0 Å². The zero-order valence-electron chi connectivity index (χ0n) is 8.92. The molecule has 2 unspecified atom stereocenters. The normalized spacial score (nSPS) is 23.1. The largest absolute Gasteiger partial charge is 0.387 e. The van der Waals surface area contributed by atoms with E-state index in [1.54, 1.807) is 12.1 Å². The summed E-state index contributed by atoms with van der Waals surface area (Å²) in [5.74, 6) is -0.438. The highest BCUT2D eigenvalue weighted by molar-refractivity contribution is 6.30. The molecule has 4 heteroatoms. The Hall–Kier alpha value is -0.640. The summed E-state index contributed by atoms with van der Waals surface area (Å²) in [4.78, 5) is 0. The molecular weight excluding hydrogens is 229 g/mol. The van der Waals surface area contributed by atoms with E-state index in [-0.39, 0.29) is 6.04 Å². The standard InChI is InChI=1S/C12H15ClFNO/c13-8-4-5-9(10(14)7-8)12(16)11-3-1-2-6-15-11/h4-5,7,11-12,15-16H,1-3,6H2. The summed E-state index contributed by atoms with van der Waals surface area (Å²) in [5, 5.41) is 13.6. The molecule has 1 saturated heterocycles. The number of rotatable bonds is 2. The maximum absolute atomic E-state index is 13.6. The Balaban J connectivity index is 2.15. The van der Waals surface area contributed by atoms with Crippen molar-refractivity contribution in [1.29, 1.82) is 0 Å². The zero-order valence-corrected chi connectivity index (χ0v) is 9.67. The Morgan fingerprint density at radius 1 is 1.44 bits per heavy atom. The van der Waals surface area contributed by atoms with Crippen LogP contribution in [0, 0.1) is 5.82 Å². The average molecular weight is 244 g/mol. The highest BCUT2D eigenvalue weighted by atomic mass is 35.5. The van der Waals surface area contributed by atoms with E-state index in [2.05, 4.69) is 5.32 Å². The summed E-state index contributed by atoms with van der Waals surface area (Å²) in [6.07, 6.45) is 2.28.